The Labute approximate surface area is 178 Å². The summed E-state index contributed by atoms with van der Waals surface area (Å²) in [7, 11) is 0. The first-order chi connectivity index (χ1) is 14.3. The maximum absolute atomic E-state index is 3.41. The first-order valence-electron chi connectivity index (χ1n) is 12.1. The predicted octanol–water partition coefficient (Wildman–Crippen LogP) is -2.02. The Kier molecular flexibility index (Phi) is 11.2. The highest BCUT2D eigenvalue weighted by molar-refractivity contribution is 4.78. The van der Waals surface area contributed by atoms with Crippen LogP contribution >= 0.6 is 0 Å². The molecular formula is C21H46N8. The van der Waals surface area contributed by atoms with Crippen LogP contribution in [0.25, 0.3) is 0 Å². The third kappa shape index (κ3) is 9.14. The minimum atomic E-state index is 0.713. The summed E-state index contributed by atoms with van der Waals surface area (Å²) in [5.41, 5.74) is 0. The minimum absolute atomic E-state index is 0.713. The van der Waals surface area contributed by atoms with Gasteiger partial charge in [0.2, 0.25) is 0 Å². The van der Waals surface area contributed by atoms with Crippen LogP contribution < -0.4 is 21.3 Å². The number of rotatable bonds is 6. The van der Waals surface area contributed by atoms with Gasteiger partial charge in [-0.3, -0.25) is 19.6 Å². The minimum Gasteiger partial charge on any atom is -0.314 e. The molecule has 8 heteroatoms. The van der Waals surface area contributed by atoms with E-state index in [0.717, 1.165) is 26.2 Å². The smallest absolute Gasteiger partial charge is 0.0195 e. The monoisotopic (exact) mass is 410 g/mol. The van der Waals surface area contributed by atoms with E-state index in [1.165, 1.54) is 98.2 Å². The highest BCUT2D eigenvalue weighted by atomic mass is 15.3. The molecule has 0 aromatic heterocycles. The Balaban J connectivity index is 0.000000166. The molecule has 0 bridgehead atoms. The molecule has 0 aliphatic carbocycles. The molecule has 0 spiro atoms. The largest absolute Gasteiger partial charge is 0.314 e. The summed E-state index contributed by atoms with van der Waals surface area (Å²) in [5.74, 6) is 0. The number of nitrogens with zero attached hydrogens (tertiary/aromatic N) is 4. The van der Waals surface area contributed by atoms with E-state index in [1.807, 2.05) is 0 Å². The van der Waals surface area contributed by atoms with Crippen molar-refractivity contribution in [1.82, 2.24) is 40.9 Å². The molecule has 0 amide bonds. The molecule has 4 N–H and O–H groups in total. The number of hydrogen-bond donors (Lipinski definition) is 4. The molecule has 8 nitrogen and oxygen atoms in total. The Morgan fingerprint density at radius 3 is 1.28 bits per heavy atom. The van der Waals surface area contributed by atoms with Crippen molar-refractivity contribution in [2.24, 2.45) is 0 Å². The zero-order chi connectivity index (χ0) is 20.2. The van der Waals surface area contributed by atoms with Crippen LogP contribution in [0.4, 0.5) is 0 Å². The molecule has 29 heavy (non-hydrogen) atoms. The van der Waals surface area contributed by atoms with Crippen LogP contribution in [-0.4, -0.2) is 150 Å². The number of nitrogens with one attached hydrogen (secondary N) is 4. The van der Waals surface area contributed by atoms with Gasteiger partial charge in [0.05, 0.1) is 0 Å². The van der Waals surface area contributed by atoms with Crippen molar-refractivity contribution in [3.05, 3.63) is 0 Å². The Morgan fingerprint density at radius 1 is 0.517 bits per heavy atom. The second kappa shape index (κ2) is 13.9. The van der Waals surface area contributed by atoms with Gasteiger partial charge in [-0.2, -0.15) is 0 Å². The molecule has 0 radical (unpaired) electrons. The fraction of sp³-hybridized carbons (Fsp3) is 1.00. The van der Waals surface area contributed by atoms with Crippen LogP contribution in [0.5, 0.6) is 0 Å². The quantitative estimate of drug-likeness (QED) is 0.401. The van der Waals surface area contributed by atoms with Gasteiger partial charge in [-0.05, 0) is 6.92 Å². The van der Waals surface area contributed by atoms with Crippen molar-refractivity contribution in [2.45, 2.75) is 13.0 Å². The predicted molar refractivity (Wildman–Crippen MR) is 122 cm³/mol. The van der Waals surface area contributed by atoms with E-state index in [4.69, 9.17) is 0 Å². The van der Waals surface area contributed by atoms with E-state index in [0.29, 0.717) is 6.04 Å². The SMILES string of the molecule is C1CN(CCN2CCNCC2)CCN1.CC(CN1CCNCC1)N1CCNCC1. The van der Waals surface area contributed by atoms with E-state index in [2.05, 4.69) is 47.8 Å². The second-order valence-electron chi connectivity index (χ2n) is 8.87. The van der Waals surface area contributed by atoms with Gasteiger partial charge in [0.15, 0.2) is 0 Å². The van der Waals surface area contributed by atoms with Gasteiger partial charge < -0.3 is 21.3 Å². The molecule has 1 unspecified atom stereocenters. The van der Waals surface area contributed by atoms with Gasteiger partial charge in [-0.15, -0.1) is 0 Å². The highest BCUT2D eigenvalue weighted by Gasteiger charge is 2.19. The Morgan fingerprint density at radius 2 is 0.862 bits per heavy atom. The van der Waals surface area contributed by atoms with Gasteiger partial charge in [0.25, 0.3) is 0 Å². The van der Waals surface area contributed by atoms with Gasteiger partial charge in [-0.25, -0.2) is 0 Å². The lowest BCUT2D eigenvalue weighted by atomic mass is 10.2. The van der Waals surface area contributed by atoms with E-state index in [1.54, 1.807) is 0 Å². The van der Waals surface area contributed by atoms with Crippen molar-refractivity contribution in [1.29, 1.82) is 0 Å². The van der Waals surface area contributed by atoms with E-state index < -0.39 is 0 Å². The Hall–Kier alpha value is -0.320. The standard InChI is InChI=1S/C11H24N4.C10H22N4/c1-11(15-8-4-13-5-9-15)10-14-6-2-12-3-7-14;1-5-13(6-2-11-1)9-10-14-7-3-12-4-8-14/h11-13H,2-10H2,1H3;11-12H,1-10H2. The van der Waals surface area contributed by atoms with Crippen LogP contribution in [0.15, 0.2) is 0 Å². The molecule has 4 fully saturated rings. The van der Waals surface area contributed by atoms with E-state index >= 15 is 0 Å². The fourth-order valence-electron chi connectivity index (χ4n) is 4.66. The van der Waals surface area contributed by atoms with Crippen LogP contribution in [0.3, 0.4) is 0 Å². The fourth-order valence-corrected chi connectivity index (χ4v) is 4.66. The molecule has 4 rings (SSSR count). The lowest BCUT2D eigenvalue weighted by molar-refractivity contribution is 0.127. The van der Waals surface area contributed by atoms with Gasteiger partial charge in [0.1, 0.15) is 0 Å². The summed E-state index contributed by atoms with van der Waals surface area (Å²) in [5, 5.41) is 13.6. The average Bonchev–Trinajstić information content (AvgIpc) is 2.81. The first kappa shape index (κ1) is 23.3. The van der Waals surface area contributed by atoms with E-state index in [-0.39, 0.29) is 0 Å². The molecule has 4 heterocycles. The first-order valence-corrected chi connectivity index (χ1v) is 12.1. The molecule has 0 aromatic carbocycles. The lowest BCUT2D eigenvalue weighted by Crippen LogP contribution is -2.53. The molecule has 170 valence electrons. The molecule has 0 aromatic rings. The average molecular weight is 411 g/mol. The molecule has 4 aliphatic heterocycles. The number of piperazine rings is 4. The summed E-state index contributed by atoms with van der Waals surface area (Å²) in [6.45, 7) is 25.2. The third-order valence-corrected chi connectivity index (χ3v) is 6.66. The molecule has 4 aliphatic rings. The normalized spacial score (nSPS) is 27.2. The van der Waals surface area contributed by atoms with Gasteiger partial charge in [-0.1, -0.05) is 0 Å². The molecule has 4 saturated heterocycles. The Bertz CT molecular complexity index is 381. The van der Waals surface area contributed by atoms with Crippen LogP contribution in [0, 0.1) is 0 Å². The summed E-state index contributed by atoms with van der Waals surface area (Å²) in [6.07, 6.45) is 0. The van der Waals surface area contributed by atoms with Crippen LogP contribution in [-0.2, 0) is 0 Å². The van der Waals surface area contributed by atoms with Crippen molar-refractivity contribution >= 4 is 0 Å². The van der Waals surface area contributed by atoms with Crippen molar-refractivity contribution in [3.63, 3.8) is 0 Å². The molecule has 1 atom stereocenters. The number of hydrogen-bond acceptors (Lipinski definition) is 8. The zero-order valence-electron chi connectivity index (χ0n) is 18.8. The van der Waals surface area contributed by atoms with Crippen LogP contribution in [0.1, 0.15) is 6.92 Å². The van der Waals surface area contributed by atoms with E-state index in [9.17, 15) is 0 Å². The van der Waals surface area contributed by atoms with Crippen molar-refractivity contribution < 1.29 is 0 Å². The lowest BCUT2D eigenvalue weighted by Gasteiger charge is -2.37. The van der Waals surface area contributed by atoms with Crippen molar-refractivity contribution in [3.8, 4) is 0 Å². The maximum atomic E-state index is 3.41. The van der Waals surface area contributed by atoms with Gasteiger partial charge in [0, 0.05) is 130 Å². The summed E-state index contributed by atoms with van der Waals surface area (Å²) in [4.78, 5) is 10.3. The molecular weight excluding hydrogens is 364 g/mol. The molecule has 0 saturated carbocycles. The van der Waals surface area contributed by atoms with Crippen molar-refractivity contribution in [2.75, 3.05) is 124 Å². The topological polar surface area (TPSA) is 61.1 Å². The summed E-state index contributed by atoms with van der Waals surface area (Å²) >= 11 is 0. The second-order valence-corrected chi connectivity index (χ2v) is 8.87. The maximum Gasteiger partial charge on any atom is 0.0195 e. The highest BCUT2D eigenvalue weighted by Crippen LogP contribution is 2.04. The zero-order valence-corrected chi connectivity index (χ0v) is 18.8. The third-order valence-electron chi connectivity index (χ3n) is 6.66. The summed E-state index contributed by atoms with van der Waals surface area (Å²) < 4.78 is 0. The summed E-state index contributed by atoms with van der Waals surface area (Å²) in [6, 6.07) is 0.713. The van der Waals surface area contributed by atoms with Crippen LogP contribution in [0.2, 0.25) is 0 Å². The van der Waals surface area contributed by atoms with Gasteiger partial charge >= 0.3 is 0 Å².